The fourth-order valence-corrected chi connectivity index (χ4v) is 6.35. The van der Waals surface area contributed by atoms with Crippen molar-refractivity contribution in [2.45, 2.75) is 0 Å². The second-order valence-corrected chi connectivity index (χ2v) is 11.6. The standard InChI is InChI=1S/C43H27N3O/c1-4-12-28(13-5-1)29-20-22-31(23-21-29)38-27-37(30-14-6-2-7-15-30)45-43(46-38)33-24-25-36-35(26-33)42-40(34-18-10-11-19-39(34)47-42)41(44-36)32-16-8-3-9-17-32/h1-27H. The zero-order valence-corrected chi connectivity index (χ0v) is 25.3. The molecule has 4 nitrogen and oxygen atoms in total. The molecule has 0 saturated heterocycles. The lowest BCUT2D eigenvalue weighted by Crippen LogP contribution is -1.96. The second-order valence-electron chi connectivity index (χ2n) is 11.6. The number of pyridine rings is 1. The van der Waals surface area contributed by atoms with Gasteiger partial charge in [0.15, 0.2) is 5.82 Å². The first kappa shape index (κ1) is 27.0. The zero-order chi connectivity index (χ0) is 31.2. The van der Waals surface area contributed by atoms with Crippen molar-refractivity contribution in [1.29, 1.82) is 0 Å². The lowest BCUT2D eigenvalue weighted by molar-refractivity contribution is 0.672. The average molecular weight is 602 g/mol. The number of benzene rings is 6. The van der Waals surface area contributed by atoms with Crippen LogP contribution >= 0.6 is 0 Å². The number of nitrogens with zero attached hydrogens (tertiary/aromatic N) is 3. The summed E-state index contributed by atoms with van der Waals surface area (Å²) in [7, 11) is 0. The van der Waals surface area contributed by atoms with E-state index in [0.29, 0.717) is 5.82 Å². The lowest BCUT2D eigenvalue weighted by atomic mass is 10.0. The number of rotatable bonds is 5. The van der Waals surface area contributed by atoms with Gasteiger partial charge in [0.2, 0.25) is 0 Å². The van der Waals surface area contributed by atoms with E-state index in [2.05, 4.69) is 103 Å². The Hall–Kier alpha value is -6.39. The highest BCUT2D eigenvalue weighted by molar-refractivity contribution is 6.19. The number of hydrogen-bond donors (Lipinski definition) is 0. The van der Waals surface area contributed by atoms with Crippen LogP contribution in [0.15, 0.2) is 168 Å². The Balaban J connectivity index is 1.23. The predicted molar refractivity (Wildman–Crippen MR) is 192 cm³/mol. The summed E-state index contributed by atoms with van der Waals surface area (Å²) in [5, 5.41) is 2.98. The molecule has 0 bridgehead atoms. The summed E-state index contributed by atoms with van der Waals surface area (Å²) in [6, 6.07) is 56.0. The minimum atomic E-state index is 0.645. The van der Waals surface area contributed by atoms with Crippen molar-refractivity contribution in [3.05, 3.63) is 164 Å². The fourth-order valence-electron chi connectivity index (χ4n) is 6.35. The molecule has 3 heterocycles. The van der Waals surface area contributed by atoms with Crippen molar-refractivity contribution in [1.82, 2.24) is 15.0 Å². The van der Waals surface area contributed by atoms with E-state index in [9.17, 15) is 0 Å². The van der Waals surface area contributed by atoms with Gasteiger partial charge in [-0.15, -0.1) is 0 Å². The molecule has 0 N–H and O–H groups in total. The van der Waals surface area contributed by atoms with E-state index in [1.54, 1.807) is 0 Å². The molecule has 9 aromatic rings. The molecular formula is C43H27N3O. The van der Waals surface area contributed by atoms with Crippen LogP contribution in [-0.2, 0) is 0 Å². The second kappa shape index (κ2) is 11.2. The topological polar surface area (TPSA) is 51.8 Å². The smallest absolute Gasteiger partial charge is 0.160 e. The van der Waals surface area contributed by atoms with Crippen LogP contribution in [0.1, 0.15) is 0 Å². The maximum Gasteiger partial charge on any atom is 0.160 e. The Bertz CT molecular complexity index is 2540. The lowest BCUT2D eigenvalue weighted by Gasteiger charge is -2.11. The third kappa shape index (κ3) is 4.84. The SMILES string of the molecule is c1ccc(-c2ccc(-c3cc(-c4ccccc4)nc(-c4ccc5nc(-c6ccccc6)c6c7ccccc7oc6c5c4)n3)cc2)cc1. The van der Waals surface area contributed by atoms with Crippen molar-refractivity contribution < 1.29 is 4.42 Å². The van der Waals surface area contributed by atoms with E-state index in [4.69, 9.17) is 19.4 Å². The summed E-state index contributed by atoms with van der Waals surface area (Å²) >= 11 is 0. The Kier molecular flexibility index (Phi) is 6.43. The van der Waals surface area contributed by atoms with Crippen LogP contribution in [0, 0.1) is 0 Å². The van der Waals surface area contributed by atoms with E-state index in [0.717, 1.165) is 72.2 Å². The predicted octanol–water partition coefficient (Wildman–Crippen LogP) is 11.3. The quantitative estimate of drug-likeness (QED) is 0.197. The van der Waals surface area contributed by atoms with Gasteiger partial charge in [0.25, 0.3) is 0 Å². The van der Waals surface area contributed by atoms with Crippen LogP contribution in [0.25, 0.3) is 89.1 Å². The van der Waals surface area contributed by atoms with Crippen molar-refractivity contribution >= 4 is 32.8 Å². The third-order valence-corrected chi connectivity index (χ3v) is 8.69. The van der Waals surface area contributed by atoms with Gasteiger partial charge in [-0.2, -0.15) is 0 Å². The zero-order valence-electron chi connectivity index (χ0n) is 25.3. The molecule has 0 fully saturated rings. The number of fused-ring (bicyclic) bond motifs is 5. The summed E-state index contributed by atoms with van der Waals surface area (Å²) < 4.78 is 6.57. The number of furan rings is 1. The summed E-state index contributed by atoms with van der Waals surface area (Å²) in [6.07, 6.45) is 0. The maximum atomic E-state index is 6.57. The summed E-state index contributed by atoms with van der Waals surface area (Å²) in [4.78, 5) is 15.4. The normalized spacial score (nSPS) is 11.4. The van der Waals surface area contributed by atoms with E-state index in [1.165, 1.54) is 11.1 Å². The Labute approximate surface area is 271 Å². The number of para-hydroxylation sites is 1. The summed E-state index contributed by atoms with van der Waals surface area (Å²) in [5.41, 5.74) is 11.5. The molecule has 6 aromatic carbocycles. The molecule has 0 amide bonds. The average Bonchev–Trinajstić information content (AvgIpc) is 3.55. The molecule has 0 atom stereocenters. The number of hydrogen-bond acceptors (Lipinski definition) is 4. The molecule has 0 saturated carbocycles. The van der Waals surface area contributed by atoms with Crippen LogP contribution < -0.4 is 0 Å². The Morgan fingerprint density at radius 3 is 1.62 bits per heavy atom. The van der Waals surface area contributed by atoms with Crippen LogP contribution in [0.4, 0.5) is 0 Å². The van der Waals surface area contributed by atoms with Crippen molar-refractivity contribution in [2.24, 2.45) is 0 Å². The van der Waals surface area contributed by atoms with Gasteiger partial charge in [-0.1, -0.05) is 133 Å². The molecule has 47 heavy (non-hydrogen) atoms. The van der Waals surface area contributed by atoms with Crippen LogP contribution in [0.3, 0.4) is 0 Å². The maximum absolute atomic E-state index is 6.57. The van der Waals surface area contributed by atoms with Gasteiger partial charge in [0.1, 0.15) is 11.2 Å². The van der Waals surface area contributed by atoms with Crippen LogP contribution in [-0.4, -0.2) is 15.0 Å². The molecule has 0 radical (unpaired) electrons. The van der Waals surface area contributed by atoms with Gasteiger partial charge in [0, 0.05) is 33.0 Å². The van der Waals surface area contributed by atoms with Gasteiger partial charge >= 0.3 is 0 Å². The van der Waals surface area contributed by atoms with Crippen LogP contribution in [0.2, 0.25) is 0 Å². The summed E-state index contributed by atoms with van der Waals surface area (Å²) in [5.74, 6) is 0.645. The van der Waals surface area contributed by atoms with Gasteiger partial charge < -0.3 is 4.42 Å². The van der Waals surface area contributed by atoms with Crippen molar-refractivity contribution in [3.8, 4) is 56.3 Å². The molecule has 3 aromatic heterocycles. The van der Waals surface area contributed by atoms with Gasteiger partial charge in [0.05, 0.1) is 28.0 Å². The number of aromatic nitrogens is 3. The van der Waals surface area contributed by atoms with Crippen molar-refractivity contribution in [3.63, 3.8) is 0 Å². The highest BCUT2D eigenvalue weighted by Gasteiger charge is 2.19. The monoisotopic (exact) mass is 601 g/mol. The van der Waals surface area contributed by atoms with Crippen LogP contribution in [0.5, 0.6) is 0 Å². The summed E-state index contributed by atoms with van der Waals surface area (Å²) in [6.45, 7) is 0. The van der Waals surface area contributed by atoms with E-state index in [1.807, 2.05) is 60.7 Å². The van der Waals surface area contributed by atoms with Gasteiger partial charge in [-0.25, -0.2) is 15.0 Å². The molecule has 9 rings (SSSR count). The van der Waals surface area contributed by atoms with Crippen molar-refractivity contribution in [2.75, 3.05) is 0 Å². The molecule has 0 unspecified atom stereocenters. The largest absolute Gasteiger partial charge is 0.455 e. The molecule has 220 valence electrons. The highest BCUT2D eigenvalue weighted by Crippen LogP contribution is 2.40. The van der Waals surface area contributed by atoms with Gasteiger partial charge in [-0.3, -0.25) is 0 Å². The fraction of sp³-hybridized carbons (Fsp3) is 0. The molecule has 0 aliphatic heterocycles. The first-order chi connectivity index (χ1) is 23.3. The molecule has 4 heteroatoms. The highest BCUT2D eigenvalue weighted by atomic mass is 16.3. The molecule has 0 aliphatic rings. The van der Waals surface area contributed by atoms with Gasteiger partial charge in [-0.05, 0) is 41.5 Å². The van der Waals surface area contributed by atoms with E-state index >= 15 is 0 Å². The van der Waals surface area contributed by atoms with E-state index < -0.39 is 0 Å². The molecule has 0 aliphatic carbocycles. The molecule has 0 spiro atoms. The minimum absolute atomic E-state index is 0.645. The Morgan fingerprint density at radius 1 is 0.383 bits per heavy atom. The minimum Gasteiger partial charge on any atom is -0.455 e. The first-order valence-corrected chi connectivity index (χ1v) is 15.7. The first-order valence-electron chi connectivity index (χ1n) is 15.7. The Morgan fingerprint density at radius 2 is 0.915 bits per heavy atom. The van der Waals surface area contributed by atoms with E-state index in [-0.39, 0.29) is 0 Å². The molecular weight excluding hydrogens is 574 g/mol. The third-order valence-electron chi connectivity index (χ3n) is 8.69.